The van der Waals surface area contributed by atoms with Gasteiger partial charge in [0.15, 0.2) is 6.04 Å². The molecule has 30 heavy (non-hydrogen) atoms. The van der Waals surface area contributed by atoms with Crippen LogP contribution in [0.1, 0.15) is 19.8 Å². The van der Waals surface area contributed by atoms with Crippen LogP contribution in [0.15, 0.2) is 48.5 Å². The molecule has 158 valence electrons. The van der Waals surface area contributed by atoms with Gasteiger partial charge in [-0.3, -0.25) is 9.59 Å². The summed E-state index contributed by atoms with van der Waals surface area (Å²) >= 11 is 6.11. The SMILES string of the molecule is CCCOc1ccc(N2C(=O)C[C@H]([NH+]3CCN(c4cccc(Cl)c4)CC3)C2=O)cc1. The van der Waals surface area contributed by atoms with Crippen molar-refractivity contribution >= 4 is 34.8 Å². The van der Waals surface area contributed by atoms with E-state index in [-0.39, 0.29) is 24.3 Å². The van der Waals surface area contributed by atoms with Crippen LogP contribution in [0.5, 0.6) is 5.75 Å². The fraction of sp³-hybridized carbons (Fsp3) is 0.391. The molecule has 2 heterocycles. The van der Waals surface area contributed by atoms with Crippen LogP contribution in [0.3, 0.4) is 0 Å². The Labute approximate surface area is 182 Å². The van der Waals surface area contributed by atoms with E-state index in [1.165, 1.54) is 9.80 Å². The van der Waals surface area contributed by atoms with Crippen LogP contribution < -0.4 is 19.4 Å². The lowest BCUT2D eigenvalue weighted by atomic mass is 10.1. The zero-order valence-corrected chi connectivity index (χ0v) is 17.9. The lowest BCUT2D eigenvalue weighted by Crippen LogP contribution is -3.19. The summed E-state index contributed by atoms with van der Waals surface area (Å²) in [5.41, 5.74) is 1.72. The summed E-state index contributed by atoms with van der Waals surface area (Å²) in [6.45, 7) is 5.98. The number of imide groups is 1. The maximum atomic E-state index is 13.1. The maximum absolute atomic E-state index is 13.1. The van der Waals surface area contributed by atoms with Crippen LogP contribution >= 0.6 is 11.6 Å². The molecule has 0 unspecified atom stereocenters. The van der Waals surface area contributed by atoms with E-state index in [1.807, 2.05) is 37.3 Å². The fourth-order valence-corrected chi connectivity index (χ4v) is 4.39. The minimum absolute atomic E-state index is 0.103. The summed E-state index contributed by atoms with van der Waals surface area (Å²) in [4.78, 5) is 30.5. The van der Waals surface area contributed by atoms with Gasteiger partial charge >= 0.3 is 0 Å². The van der Waals surface area contributed by atoms with Gasteiger partial charge in [0.2, 0.25) is 5.91 Å². The molecule has 0 aromatic heterocycles. The molecule has 1 atom stereocenters. The number of halogens is 1. The molecule has 0 radical (unpaired) electrons. The summed E-state index contributed by atoms with van der Waals surface area (Å²) in [6.07, 6.45) is 1.19. The van der Waals surface area contributed by atoms with Crippen molar-refractivity contribution in [1.29, 1.82) is 0 Å². The fourth-order valence-electron chi connectivity index (χ4n) is 4.21. The molecular weight excluding hydrogens is 402 g/mol. The molecule has 0 bridgehead atoms. The molecule has 0 saturated carbocycles. The average Bonchev–Trinajstić information content (AvgIpc) is 3.07. The monoisotopic (exact) mass is 428 g/mol. The maximum Gasteiger partial charge on any atom is 0.292 e. The second-order valence-electron chi connectivity index (χ2n) is 7.79. The lowest BCUT2D eigenvalue weighted by Gasteiger charge is -2.35. The Morgan fingerprint density at radius 2 is 1.80 bits per heavy atom. The topological polar surface area (TPSA) is 54.3 Å². The molecule has 2 aliphatic heterocycles. The number of hydrogen-bond donors (Lipinski definition) is 1. The largest absolute Gasteiger partial charge is 0.494 e. The number of nitrogens with zero attached hydrogens (tertiary/aromatic N) is 2. The first kappa shape index (κ1) is 20.7. The Kier molecular flexibility index (Phi) is 6.25. The summed E-state index contributed by atoms with van der Waals surface area (Å²) in [5, 5.41) is 0.723. The van der Waals surface area contributed by atoms with Crippen LogP contribution in [0, 0.1) is 0 Å². The van der Waals surface area contributed by atoms with Gasteiger partial charge < -0.3 is 14.5 Å². The van der Waals surface area contributed by atoms with Gasteiger partial charge in [-0.15, -0.1) is 0 Å². The van der Waals surface area contributed by atoms with E-state index in [9.17, 15) is 9.59 Å². The number of ether oxygens (including phenoxy) is 1. The number of amides is 2. The zero-order chi connectivity index (χ0) is 21.1. The molecule has 4 rings (SSSR count). The first-order valence-electron chi connectivity index (χ1n) is 10.5. The van der Waals surface area contributed by atoms with Gasteiger partial charge in [0, 0.05) is 10.7 Å². The summed E-state index contributed by atoms with van der Waals surface area (Å²) in [5.74, 6) is 0.518. The van der Waals surface area contributed by atoms with Gasteiger partial charge in [0.05, 0.1) is 44.9 Å². The number of quaternary nitrogens is 1. The molecule has 2 fully saturated rings. The first-order chi connectivity index (χ1) is 14.6. The van der Waals surface area contributed by atoms with Crippen molar-refractivity contribution in [3.8, 4) is 5.75 Å². The molecule has 0 aliphatic carbocycles. The molecule has 6 nitrogen and oxygen atoms in total. The minimum Gasteiger partial charge on any atom is -0.494 e. The number of carbonyl (C=O) groups excluding carboxylic acids is 2. The number of carbonyl (C=O) groups is 2. The van der Waals surface area contributed by atoms with Crippen molar-refractivity contribution in [3.63, 3.8) is 0 Å². The quantitative estimate of drug-likeness (QED) is 0.716. The van der Waals surface area contributed by atoms with Crippen molar-refractivity contribution in [2.45, 2.75) is 25.8 Å². The normalized spacial score (nSPS) is 20.1. The van der Waals surface area contributed by atoms with Crippen molar-refractivity contribution in [3.05, 3.63) is 53.6 Å². The molecule has 2 aliphatic rings. The number of anilines is 2. The third kappa shape index (κ3) is 4.30. The van der Waals surface area contributed by atoms with Gasteiger partial charge in [-0.2, -0.15) is 0 Å². The van der Waals surface area contributed by atoms with E-state index in [4.69, 9.17) is 16.3 Å². The Hall–Kier alpha value is -2.57. The molecule has 7 heteroatoms. The summed E-state index contributed by atoms with van der Waals surface area (Å²) in [6, 6.07) is 14.7. The smallest absolute Gasteiger partial charge is 0.292 e. The molecule has 0 spiro atoms. The van der Waals surface area contributed by atoms with Gasteiger partial charge in [-0.05, 0) is 48.9 Å². The van der Waals surface area contributed by atoms with Crippen molar-refractivity contribution in [2.24, 2.45) is 0 Å². The van der Waals surface area contributed by atoms with Gasteiger partial charge in [0.1, 0.15) is 5.75 Å². The predicted molar refractivity (Wildman–Crippen MR) is 117 cm³/mol. The highest BCUT2D eigenvalue weighted by Gasteiger charge is 2.46. The predicted octanol–water partition coefficient (Wildman–Crippen LogP) is 2.17. The average molecular weight is 429 g/mol. The summed E-state index contributed by atoms with van der Waals surface area (Å²) in [7, 11) is 0. The summed E-state index contributed by atoms with van der Waals surface area (Å²) < 4.78 is 5.59. The van der Waals surface area contributed by atoms with E-state index in [2.05, 4.69) is 11.0 Å². The molecule has 2 aromatic rings. The van der Waals surface area contributed by atoms with Gasteiger partial charge in [-0.25, -0.2) is 4.90 Å². The van der Waals surface area contributed by atoms with Gasteiger partial charge in [0.25, 0.3) is 5.91 Å². The molecule has 2 amide bonds. The standard InChI is InChI=1S/C23H26ClN3O3/c1-2-14-30-20-8-6-18(7-9-20)27-22(28)16-21(23(27)29)26-12-10-25(11-13-26)19-5-3-4-17(24)15-19/h3-9,15,21H,2,10-14,16H2,1H3/p+1/t21-/m0/s1. The third-order valence-corrected chi connectivity index (χ3v) is 6.02. The Bertz CT molecular complexity index is 910. The van der Waals surface area contributed by atoms with Crippen molar-refractivity contribution in [1.82, 2.24) is 0 Å². The highest BCUT2D eigenvalue weighted by Crippen LogP contribution is 2.25. The number of rotatable bonds is 6. The second kappa shape index (κ2) is 9.06. The number of nitrogens with one attached hydrogen (secondary N) is 1. The van der Waals surface area contributed by atoms with E-state index < -0.39 is 0 Å². The molecular formula is C23H27ClN3O3+. The third-order valence-electron chi connectivity index (χ3n) is 5.79. The Balaban J connectivity index is 1.39. The van der Waals surface area contributed by atoms with Crippen molar-refractivity contribution in [2.75, 3.05) is 42.6 Å². The van der Waals surface area contributed by atoms with E-state index in [0.29, 0.717) is 12.3 Å². The van der Waals surface area contributed by atoms with Crippen LogP contribution in [-0.4, -0.2) is 50.6 Å². The minimum atomic E-state index is -0.310. The lowest BCUT2D eigenvalue weighted by molar-refractivity contribution is -0.915. The first-order valence-corrected chi connectivity index (χ1v) is 10.9. The van der Waals surface area contributed by atoms with Gasteiger partial charge in [-0.1, -0.05) is 24.6 Å². The van der Waals surface area contributed by atoms with Crippen LogP contribution in [0.4, 0.5) is 11.4 Å². The highest BCUT2D eigenvalue weighted by molar-refractivity contribution is 6.30. The molecule has 2 aromatic carbocycles. The van der Waals surface area contributed by atoms with E-state index in [1.54, 1.807) is 12.1 Å². The van der Waals surface area contributed by atoms with Crippen LogP contribution in [-0.2, 0) is 9.59 Å². The zero-order valence-electron chi connectivity index (χ0n) is 17.1. The van der Waals surface area contributed by atoms with E-state index >= 15 is 0 Å². The second-order valence-corrected chi connectivity index (χ2v) is 8.23. The van der Waals surface area contributed by atoms with Crippen LogP contribution in [0.25, 0.3) is 0 Å². The number of benzene rings is 2. The van der Waals surface area contributed by atoms with Crippen molar-refractivity contribution < 1.29 is 19.2 Å². The number of piperazine rings is 1. The van der Waals surface area contributed by atoms with E-state index in [0.717, 1.165) is 49.1 Å². The highest BCUT2D eigenvalue weighted by atomic mass is 35.5. The van der Waals surface area contributed by atoms with Crippen LogP contribution in [0.2, 0.25) is 5.02 Å². The number of hydrogen-bond acceptors (Lipinski definition) is 4. The Morgan fingerprint density at radius 1 is 1.07 bits per heavy atom. The molecule has 1 N–H and O–H groups in total. The molecule has 2 saturated heterocycles. The Morgan fingerprint density at radius 3 is 2.47 bits per heavy atom.